The second kappa shape index (κ2) is 6.52. The third-order valence-corrected chi connectivity index (χ3v) is 5.03. The van der Waals surface area contributed by atoms with Gasteiger partial charge in [-0.2, -0.15) is 9.68 Å². The van der Waals surface area contributed by atoms with Gasteiger partial charge in [0.2, 0.25) is 11.4 Å². The van der Waals surface area contributed by atoms with E-state index >= 15 is 0 Å². The lowest BCUT2D eigenvalue weighted by atomic mass is 9.82. The molecule has 0 saturated heterocycles. The van der Waals surface area contributed by atoms with E-state index < -0.39 is 0 Å². The third kappa shape index (κ3) is 3.14. The van der Waals surface area contributed by atoms with Crippen molar-refractivity contribution in [3.63, 3.8) is 0 Å². The van der Waals surface area contributed by atoms with Crippen LogP contribution >= 0.6 is 11.6 Å². The number of benzene rings is 2. The fraction of sp³-hybridized carbons (Fsp3) is 0.300. The summed E-state index contributed by atoms with van der Waals surface area (Å²) in [6.07, 6.45) is 1.93. The maximum Gasteiger partial charge on any atom is 0.212 e. The average Bonchev–Trinajstić information content (AvgIpc) is 2.79. The number of hydrogen-bond acceptors (Lipinski definition) is 3. The Labute approximate surface area is 154 Å². The van der Waals surface area contributed by atoms with E-state index in [1.165, 1.54) is 11.3 Å². The van der Waals surface area contributed by atoms with Gasteiger partial charge in [0.1, 0.15) is 19.0 Å². The zero-order chi connectivity index (χ0) is 18.2. The summed E-state index contributed by atoms with van der Waals surface area (Å²) in [6.45, 7) is 4.39. The van der Waals surface area contributed by atoms with Crippen LogP contribution in [0.15, 0.2) is 47.6 Å². The highest BCUT2D eigenvalue weighted by atomic mass is 35.5. The van der Waals surface area contributed by atoms with E-state index in [-0.39, 0.29) is 5.41 Å². The van der Waals surface area contributed by atoms with Gasteiger partial charge in [-0.15, -0.1) is 0 Å². The monoisotopic (exact) mass is 356 g/mol. The van der Waals surface area contributed by atoms with Gasteiger partial charge in [0, 0.05) is 23.7 Å². The quantitative estimate of drug-likeness (QED) is 0.459. The fourth-order valence-electron chi connectivity index (χ4n) is 3.24. The van der Waals surface area contributed by atoms with Crippen LogP contribution in [0.2, 0.25) is 5.02 Å². The summed E-state index contributed by atoms with van der Waals surface area (Å²) in [6, 6.07) is 13.9. The summed E-state index contributed by atoms with van der Waals surface area (Å²) < 4.78 is 7.38. The summed E-state index contributed by atoms with van der Waals surface area (Å²) in [5.74, 6) is 0.833. The molecule has 0 radical (unpaired) electrons. The molecule has 0 atom stereocenters. The topological polar surface area (TPSA) is 27.8 Å². The first-order valence-electron chi connectivity index (χ1n) is 8.17. The Morgan fingerprint density at radius 3 is 2.48 bits per heavy atom. The number of fused-ring (bicyclic) bond motifs is 1. The summed E-state index contributed by atoms with van der Waals surface area (Å²) in [4.78, 5) is 0. The minimum atomic E-state index is -0.154. The molecule has 1 aliphatic heterocycles. The number of hydrazone groups is 1. The van der Waals surface area contributed by atoms with Gasteiger partial charge < -0.3 is 4.74 Å². The van der Waals surface area contributed by atoms with Gasteiger partial charge in [0.05, 0.1) is 18.2 Å². The van der Waals surface area contributed by atoms with Crippen molar-refractivity contribution < 1.29 is 9.31 Å². The SMILES string of the molecule is COc1ccc(N(C)/N=C/C2=[N+](C)c3ccc(Cl)cc3C2(C)C)cc1. The van der Waals surface area contributed by atoms with Crippen LogP contribution in [0.4, 0.5) is 11.4 Å². The van der Waals surface area contributed by atoms with Crippen LogP contribution in [0, 0.1) is 0 Å². The minimum absolute atomic E-state index is 0.154. The molecule has 2 aromatic carbocycles. The molecule has 0 saturated carbocycles. The summed E-state index contributed by atoms with van der Waals surface area (Å²) >= 11 is 6.20. The highest BCUT2D eigenvalue weighted by molar-refractivity contribution is 6.34. The van der Waals surface area contributed by atoms with Crippen LogP contribution in [0.25, 0.3) is 0 Å². The molecule has 2 aromatic rings. The average molecular weight is 357 g/mol. The van der Waals surface area contributed by atoms with Crippen LogP contribution in [0.1, 0.15) is 19.4 Å². The molecule has 25 heavy (non-hydrogen) atoms. The van der Waals surface area contributed by atoms with Crippen LogP contribution in [-0.2, 0) is 5.41 Å². The van der Waals surface area contributed by atoms with Crippen LogP contribution in [0.5, 0.6) is 5.75 Å². The van der Waals surface area contributed by atoms with Gasteiger partial charge in [-0.25, -0.2) is 0 Å². The molecule has 0 fully saturated rings. The van der Waals surface area contributed by atoms with Crippen molar-refractivity contribution in [2.45, 2.75) is 19.3 Å². The number of ether oxygens (including phenoxy) is 1. The van der Waals surface area contributed by atoms with Crippen molar-refractivity contribution in [1.29, 1.82) is 0 Å². The smallest absolute Gasteiger partial charge is 0.212 e. The maximum absolute atomic E-state index is 6.20. The number of rotatable bonds is 4. The standard InChI is InChI=1S/C20H23ClN3O/c1-20(2)17-12-14(21)6-11-18(17)23(3)19(20)13-22-24(4)15-7-9-16(25-5)10-8-15/h6-13H,1-5H3/q+1. The largest absolute Gasteiger partial charge is 0.497 e. The van der Waals surface area contributed by atoms with E-state index in [2.05, 4.69) is 36.6 Å². The van der Waals surface area contributed by atoms with E-state index in [4.69, 9.17) is 16.3 Å². The number of halogens is 1. The third-order valence-electron chi connectivity index (χ3n) is 4.79. The number of anilines is 1. The molecule has 0 amide bonds. The molecule has 1 heterocycles. The van der Waals surface area contributed by atoms with E-state index in [1.54, 1.807) is 7.11 Å². The normalized spacial score (nSPS) is 15.6. The second-order valence-corrected chi connectivity index (χ2v) is 7.13. The van der Waals surface area contributed by atoms with E-state index in [0.29, 0.717) is 0 Å². The van der Waals surface area contributed by atoms with Crippen molar-refractivity contribution in [2.24, 2.45) is 5.10 Å². The summed E-state index contributed by atoms with van der Waals surface area (Å²) in [7, 11) is 5.66. The van der Waals surface area contributed by atoms with E-state index in [1.807, 2.05) is 54.7 Å². The second-order valence-electron chi connectivity index (χ2n) is 6.70. The number of nitrogens with zero attached hydrogens (tertiary/aromatic N) is 3. The summed E-state index contributed by atoms with van der Waals surface area (Å²) in [5.41, 5.74) is 4.36. The Kier molecular flexibility index (Phi) is 4.56. The van der Waals surface area contributed by atoms with Crippen LogP contribution in [-0.4, -0.2) is 37.7 Å². The predicted octanol–water partition coefficient (Wildman–Crippen LogP) is 4.48. The summed E-state index contributed by atoms with van der Waals surface area (Å²) in [5, 5.41) is 7.25. The van der Waals surface area contributed by atoms with Crippen molar-refractivity contribution >= 4 is 34.9 Å². The van der Waals surface area contributed by atoms with Gasteiger partial charge in [-0.3, -0.25) is 5.01 Å². The van der Waals surface area contributed by atoms with Crippen LogP contribution < -0.4 is 9.75 Å². The van der Waals surface area contributed by atoms with Crippen molar-refractivity contribution in [2.75, 3.05) is 26.2 Å². The number of methoxy groups -OCH3 is 1. The molecule has 5 heteroatoms. The zero-order valence-corrected chi connectivity index (χ0v) is 16.0. The molecule has 1 aliphatic rings. The molecular weight excluding hydrogens is 334 g/mol. The molecule has 0 bridgehead atoms. The maximum atomic E-state index is 6.20. The molecule has 130 valence electrons. The molecule has 0 aliphatic carbocycles. The number of hydrogen-bond donors (Lipinski definition) is 0. The molecule has 4 nitrogen and oxygen atoms in total. The fourth-order valence-corrected chi connectivity index (χ4v) is 3.41. The van der Waals surface area contributed by atoms with Gasteiger partial charge in [0.15, 0.2) is 0 Å². The lowest BCUT2D eigenvalue weighted by Crippen LogP contribution is -2.30. The first kappa shape index (κ1) is 17.5. The van der Waals surface area contributed by atoms with Crippen molar-refractivity contribution in [3.8, 4) is 5.75 Å². The molecule has 0 aromatic heterocycles. The highest BCUT2D eigenvalue weighted by Gasteiger charge is 2.43. The van der Waals surface area contributed by atoms with E-state index in [0.717, 1.165) is 22.2 Å². The zero-order valence-electron chi connectivity index (χ0n) is 15.2. The Balaban J connectivity index is 1.89. The van der Waals surface area contributed by atoms with Crippen molar-refractivity contribution in [3.05, 3.63) is 53.1 Å². The lowest BCUT2D eigenvalue weighted by molar-refractivity contribution is -0.400. The minimum Gasteiger partial charge on any atom is -0.497 e. The van der Waals surface area contributed by atoms with Crippen LogP contribution in [0.3, 0.4) is 0 Å². The molecule has 3 rings (SSSR count). The van der Waals surface area contributed by atoms with Crippen molar-refractivity contribution in [1.82, 2.24) is 0 Å². The van der Waals surface area contributed by atoms with E-state index in [9.17, 15) is 0 Å². The van der Waals surface area contributed by atoms with Gasteiger partial charge in [-0.1, -0.05) is 11.6 Å². The molecule has 0 spiro atoms. The first-order valence-corrected chi connectivity index (χ1v) is 8.55. The Morgan fingerprint density at radius 2 is 1.84 bits per heavy atom. The van der Waals surface area contributed by atoms with Gasteiger partial charge in [-0.05, 0) is 50.2 Å². The van der Waals surface area contributed by atoms with Gasteiger partial charge in [0.25, 0.3) is 0 Å². The lowest BCUT2D eigenvalue weighted by Gasteiger charge is -2.17. The Bertz CT molecular complexity index is 854. The highest BCUT2D eigenvalue weighted by Crippen LogP contribution is 2.39. The Hall–Kier alpha value is -2.33. The predicted molar refractivity (Wildman–Crippen MR) is 105 cm³/mol. The first-order chi connectivity index (χ1) is 11.8. The molecule has 0 N–H and O–H groups in total. The van der Waals surface area contributed by atoms with Gasteiger partial charge >= 0.3 is 0 Å². The molecular formula is C20H23ClN3O+. The Morgan fingerprint density at radius 1 is 1.16 bits per heavy atom. The molecule has 0 unspecified atom stereocenters.